The van der Waals surface area contributed by atoms with Crippen LogP contribution in [0.25, 0.3) is 0 Å². The number of hydrogen-bond acceptors (Lipinski definition) is 4. The number of hydrogen-bond donors (Lipinski definition) is 3. The van der Waals surface area contributed by atoms with Gasteiger partial charge in [-0.3, -0.25) is 4.79 Å². The lowest BCUT2D eigenvalue weighted by Gasteiger charge is -2.40. The molecule has 5 nitrogen and oxygen atoms in total. The van der Waals surface area contributed by atoms with E-state index in [2.05, 4.69) is 29.2 Å². The molecule has 3 aromatic rings. The van der Waals surface area contributed by atoms with Crippen LogP contribution in [0.2, 0.25) is 5.54 Å². The second kappa shape index (κ2) is 11.7. The van der Waals surface area contributed by atoms with Gasteiger partial charge < -0.3 is 19.9 Å². The molecule has 1 heterocycles. The maximum absolute atomic E-state index is 12.2. The molecule has 1 fully saturated rings. The lowest BCUT2D eigenvalue weighted by Crippen LogP contribution is -2.63. The van der Waals surface area contributed by atoms with E-state index in [1.807, 2.05) is 60.7 Å². The first-order valence-corrected chi connectivity index (χ1v) is 15.3. The van der Waals surface area contributed by atoms with Crippen molar-refractivity contribution in [1.29, 1.82) is 0 Å². The summed E-state index contributed by atoms with van der Waals surface area (Å²) in [6.07, 6.45) is 2.92. The fraction of sp³-hybridized carbons (Fsp3) is 0.387. The number of likely N-dealkylation sites (tertiary alicyclic amines) is 1. The Hall–Kier alpha value is -2.77. The third-order valence-electron chi connectivity index (χ3n) is 8.11. The lowest BCUT2D eigenvalue weighted by atomic mass is 9.84. The molecule has 37 heavy (non-hydrogen) atoms. The van der Waals surface area contributed by atoms with E-state index in [0.717, 1.165) is 60.4 Å². The molecule has 0 aromatic heterocycles. The van der Waals surface area contributed by atoms with Crippen LogP contribution in [0.15, 0.2) is 84.9 Å². The Morgan fingerprint density at radius 3 is 1.92 bits per heavy atom. The molecule has 3 aromatic carbocycles. The molecule has 0 bridgehead atoms. The number of piperidine rings is 1. The zero-order valence-corrected chi connectivity index (χ0v) is 22.9. The molecule has 0 spiro atoms. The number of aliphatic carboxylic acids is 1. The minimum absolute atomic E-state index is 0.271. The summed E-state index contributed by atoms with van der Waals surface area (Å²) in [6, 6.07) is 27.8. The molecule has 4 rings (SSSR count). The highest BCUT2D eigenvalue weighted by molar-refractivity contribution is 6.97. The van der Waals surface area contributed by atoms with Crippen molar-refractivity contribution in [2.75, 3.05) is 19.6 Å². The van der Waals surface area contributed by atoms with Gasteiger partial charge in [0.1, 0.15) is 0 Å². The molecule has 1 aliphatic heterocycles. The third-order valence-corrected chi connectivity index (χ3v) is 12.3. The van der Waals surface area contributed by atoms with E-state index in [-0.39, 0.29) is 5.54 Å². The molecule has 196 valence electrons. The van der Waals surface area contributed by atoms with E-state index >= 15 is 0 Å². The van der Waals surface area contributed by atoms with Gasteiger partial charge in [-0.05, 0) is 86.2 Å². The first kappa shape index (κ1) is 27.3. The fourth-order valence-corrected chi connectivity index (χ4v) is 9.29. The van der Waals surface area contributed by atoms with Crippen LogP contribution < -0.4 is 10.4 Å². The number of carbonyl (C=O) groups is 1. The molecule has 3 N–H and O–H groups in total. The minimum atomic E-state index is -2.85. The minimum Gasteiger partial charge on any atom is -0.481 e. The molecule has 1 unspecified atom stereocenters. The van der Waals surface area contributed by atoms with Crippen molar-refractivity contribution in [2.24, 2.45) is 0 Å². The summed E-state index contributed by atoms with van der Waals surface area (Å²) in [6.45, 7) is 6.20. The third kappa shape index (κ3) is 6.04. The number of benzene rings is 3. The van der Waals surface area contributed by atoms with E-state index in [0.29, 0.717) is 6.42 Å². The van der Waals surface area contributed by atoms with Gasteiger partial charge in [-0.2, -0.15) is 0 Å². The predicted octanol–water partition coefficient (Wildman–Crippen LogP) is 4.08. The number of rotatable bonds is 10. The quantitative estimate of drug-likeness (QED) is 0.353. The van der Waals surface area contributed by atoms with Crippen molar-refractivity contribution < 1.29 is 19.8 Å². The van der Waals surface area contributed by atoms with Gasteiger partial charge in [0.25, 0.3) is 8.32 Å². The van der Waals surface area contributed by atoms with Gasteiger partial charge in [0, 0.05) is 0 Å². The summed E-state index contributed by atoms with van der Waals surface area (Å²) in [5.41, 5.74) is 0.873. The first-order chi connectivity index (χ1) is 17.7. The smallest absolute Gasteiger partial charge is 0.313 e. The summed E-state index contributed by atoms with van der Waals surface area (Å²) in [5, 5.41) is 22.3. The molecule has 0 amide bonds. The van der Waals surface area contributed by atoms with Crippen molar-refractivity contribution in [1.82, 2.24) is 4.90 Å². The van der Waals surface area contributed by atoms with Crippen molar-refractivity contribution in [2.45, 2.75) is 56.6 Å². The molecule has 1 atom stereocenters. The van der Waals surface area contributed by atoms with Gasteiger partial charge in [-0.15, -0.1) is 0 Å². The van der Waals surface area contributed by atoms with Crippen LogP contribution in [-0.4, -0.2) is 53.8 Å². The molecule has 1 aliphatic rings. The second-order valence-corrected chi connectivity index (χ2v) is 14.3. The Bertz CT molecular complexity index is 1100. The zero-order chi connectivity index (χ0) is 26.5. The van der Waals surface area contributed by atoms with Crippen LogP contribution in [0.3, 0.4) is 0 Å². The number of aliphatic hydroxyl groups is 1. The average Bonchev–Trinajstić information content (AvgIpc) is 2.94. The molecule has 6 heteroatoms. The van der Waals surface area contributed by atoms with Crippen molar-refractivity contribution >= 4 is 24.7 Å². The molecule has 0 saturated carbocycles. The maximum Gasteiger partial charge on any atom is 0.313 e. The van der Waals surface area contributed by atoms with E-state index < -0.39 is 25.8 Å². The van der Waals surface area contributed by atoms with E-state index in [4.69, 9.17) is 0 Å². The van der Waals surface area contributed by atoms with Gasteiger partial charge in [0.15, 0.2) is 0 Å². The molecular weight excluding hydrogens is 478 g/mol. The van der Waals surface area contributed by atoms with Crippen LogP contribution in [0.1, 0.15) is 56.8 Å². The average molecular weight is 518 g/mol. The standard InChI is InChI=1S/C31H39NO4Si/c1-31(2,30(34)35)25-17-15-24(16-18-25)29(33)14-9-21-32-22-19-28(20-23-32)37(36,26-10-5-3-6-11-26)27-12-7-4-8-13-27/h3-8,10-13,15-18,28-29,33,36H,9,14,19-23H2,1-2H3,(H,34,35). The number of carboxylic acids is 1. The largest absolute Gasteiger partial charge is 0.481 e. The Morgan fingerprint density at radius 2 is 1.43 bits per heavy atom. The lowest BCUT2D eigenvalue weighted by molar-refractivity contribution is -0.142. The van der Waals surface area contributed by atoms with Crippen molar-refractivity contribution in [3.05, 3.63) is 96.1 Å². The van der Waals surface area contributed by atoms with Gasteiger partial charge in [0.05, 0.1) is 11.5 Å². The van der Waals surface area contributed by atoms with E-state index in [9.17, 15) is 19.8 Å². The molecule has 0 aliphatic carbocycles. The van der Waals surface area contributed by atoms with Crippen LogP contribution >= 0.6 is 0 Å². The summed E-state index contributed by atoms with van der Waals surface area (Å²) in [7, 11) is -2.85. The van der Waals surface area contributed by atoms with Gasteiger partial charge >= 0.3 is 5.97 Å². The highest BCUT2D eigenvalue weighted by Gasteiger charge is 2.44. The highest BCUT2D eigenvalue weighted by Crippen LogP contribution is 2.32. The highest BCUT2D eigenvalue weighted by atomic mass is 28.4. The van der Waals surface area contributed by atoms with Crippen LogP contribution in [0.5, 0.6) is 0 Å². The van der Waals surface area contributed by atoms with Crippen molar-refractivity contribution in [3.8, 4) is 0 Å². The predicted molar refractivity (Wildman–Crippen MR) is 151 cm³/mol. The van der Waals surface area contributed by atoms with Crippen LogP contribution in [-0.2, 0) is 10.2 Å². The maximum atomic E-state index is 12.2. The molecule has 0 radical (unpaired) electrons. The Labute approximate surface area is 221 Å². The Kier molecular flexibility index (Phi) is 8.65. The number of aliphatic hydroxyl groups excluding tert-OH is 1. The summed E-state index contributed by atoms with van der Waals surface area (Å²) < 4.78 is 0. The second-order valence-electron chi connectivity index (χ2n) is 10.8. The van der Waals surface area contributed by atoms with E-state index in [1.54, 1.807) is 13.8 Å². The summed E-state index contributed by atoms with van der Waals surface area (Å²) >= 11 is 0. The monoisotopic (exact) mass is 517 g/mol. The molecular formula is C31H39NO4Si. The van der Waals surface area contributed by atoms with Crippen LogP contribution in [0.4, 0.5) is 0 Å². The van der Waals surface area contributed by atoms with Gasteiger partial charge in [0.2, 0.25) is 0 Å². The Morgan fingerprint density at radius 1 is 0.919 bits per heavy atom. The topological polar surface area (TPSA) is 81.0 Å². The fourth-order valence-electron chi connectivity index (χ4n) is 5.52. The molecule has 1 saturated heterocycles. The van der Waals surface area contributed by atoms with E-state index in [1.165, 1.54) is 0 Å². The SMILES string of the molecule is CC(C)(C(=O)O)c1ccc(C(O)CCCN2CCC([Si](O)(c3ccccc3)c3ccccc3)CC2)cc1. The van der Waals surface area contributed by atoms with Crippen LogP contribution in [0, 0.1) is 0 Å². The van der Waals surface area contributed by atoms with Gasteiger partial charge in [-0.1, -0.05) is 84.9 Å². The summed E-state index contributed by atoms with van der Waals surface area (Å²) in [5.74, 6) is -0.863. The normalized spacial score (nSPS) is 16.4. The number of nitrogens with zero attached hydrogens (tertiary/aromatic N) is 1. The zero-order valence-electron chi connectivity index (χ0n) is 21.9. The number of carboxylic acid groups (broad SMARTS) is 1. The first-order valence-electron chi connectivity index (χ1n) is 13.3. The Balaban J connectivity index is 1.31. The summed E-state index contributed by atoms with van der Waals surface area (Å²) in [4.78, 5) is 26.1. The van der Waals surface area contributed by atoms with Crippen molar-refractivity contribution in [3.63, 3.8) is 0 Å². The van der Waals surface area contributed by atoms with Gasteiger partial charge in [-0.25, -0.2) is 0 Å².